The number of piperazine rings is 1. The molecule has 0 amide bonds. The van der Waals surface area contributed by atoms with E-state index in [-0.39, 0.29) is 16.5 Å². The second kappa shape index (κ2) is 9.87. The van der Waals surface area contributed by atoms with Crippen molar-refractivity contribution in [2.45, 2.75) is 4.90 Å². The molecule has 2 saturated heterocycles. The van der Waals surface area contributed by atoms with E-state index >= 15 is 0 Å². The van der Waals surface area contributed by atoms with Crippen LogP contribution in [-0.4, -0.2) is 70.2 Å². The fourth-order valence-electron chi connectivity index (χ4n) is 4.27. The molecule has 3 heterocycles. The molecule has 2 fully saturated rings. The maximum Gasteiger partial charge on any atom is 0.243 e. The molecule has 2 aliphatic heterocycles. The number of benzene rings is 2. The molecule has 0 unspecified atom stereocenters. The van der Waals surface area contributed by atoms with E-state index in [1.165, 1.54) is 4.31 Å². The van der Waals surface area contributed by atoms with Crippen LogP contribution in [0.1, 0.15) is 5.69 Å². The van der Waals surface area contributed by atoms with Gasteiger partial charge in [-0.25, -0.2) is 8.42 Å². The van der Waals surface area contributed by atoms with Crippen molar-refractivity contribution in [3.05, 3.63) is 59.2 Å². The summed E-state index contributed by atoms with van der Waals surface area (Å²) in [5.74, 6) is 0.711. The number of ether oxygens (including phenoxy) is 1. The molecule has 0 saturated carbocycles. The van der Waals surface area contributed by atoms with Crippen LogP contribution in [0.15, 0.2) is 57.8 Å². The average Bonchev–Trinajstić information content (AvgIpc) is 3.34. The van der Waals surface area contributed by atoms with Gasteiger partial charge in [0.15, 0.2) is 0 Å². The van der Waals surface area contributed by atoms with Crippen LogP contribution in [0.2, 0.25) is 5.02 Å². The zero-order valence-corrected chi connectivity index (χ0v) is 20.5. The Morgan fingerprint density at radius 3 is 2.29 bits per heavy atom. The summed E-state index contributed by atoms with van der Waals surface area (Å²) >= 11 is 6.13. The molecule has 0 spiro atoms. The Labute approximate surface area is 209 Å². The minimum absolute atomic E-state index is 0.201. The molecule has 5 rings (SSSR count). The summed E-state index contributed by atoms with van der Waals surface area (Å²) in [4.78, 5) is 8.81. The van der Waals surface area contributed by atoms with Gasteiger partial charge in [0.1, 0.15) is 6.07 Å². The molecule has 2 aliphatic rings. The minimum atomic E-state index is -3.59. The number of morpholine rings is 1. The van der Waals surface area contributed by atoms with E-state index in [9.17, 15) is 13.7 Å². The molecule has 0 aliphatic carbocycles. The number of anilines is 2. The third-order valence-corrected chi connectivity index (χ3v) is 8.31. The van der Waals surface area contributed by atoms with E-state index in [1.807, 2.05) is 29.2 Å². The van der Waals surface area contributed by atoms with Crippen LogP contribution in [0.3, 0.4) is 0 Å². The third kappa shape index (κ3) is 4.86. The monoisotopic (exact) mass is 513 g/mol. The smallest absolute Gasteiger partial charge is 0.243 e. The van der Waals surface area contributed by atoms with Gasteiger partial charge in [-0.3, -0.25) is 0 Å². The number of nitriles is 1. The fraction of sp³-hybridized carbons (Fsp3) is 0.333. The Hall–Kier alpha value is -3.10. The van der Waals surface area contributed by atoms with Gasteiger partial charge in [-0.05, 0) is 42.5 Å². The van der Waals surface area contributed by atoms with Crippen LogP contribution in [0.5, 0.6) is 0 Å². The number of hydrogen-bond acceptors (Lipinski definition) is 8. The van der Waals surface area contributed by atoms with E-state index in [4.69, 9.17) is 20.8 Å². The average molecular weight is 514 g/mol. The lowest BCUT2D eigenvalue weighted by Gasteiger charge is -2.35. The third-order valence-electron chi connectivity index (χ3n) is 6.16. The number of halogens is 1. The number of rotatable bonds is 5. The second-order valence-corrected chi connectivity index (χ2v) is 10.7. The number of hydrogen-bond donors (Lipinski definition) is 0. The molecule has 0 N–H and O–H groups in total. The van der Waals surface area contributed by atoms with Crippen molar-refractivity contribution in [2.24, 2.45) is 0 Å². The predicted molar refractivity (Wildman–Crippen MR) is 132 cm³/mol. The Balaban J connectivity index is 1.32. The lowest BCUT2D eigenvalue weighted by Crippen LogP contribution is -2.46. The maximum absolute atomic E-state index is 12.9. The van der Waals surface area contributed by atoms with Gasteiger partial charge >= 0.3 is 0 Å². The van der Waals surface area contributed by atoms with Crippen LogP contribution in [-0.2, 0) is 14.8 Å². The molecule has 0 radical (unpaired) electrons. The lowest BCUT2D eigenvalue weighted by molar-refractivity contribution is 0.0730. The highest BCUT2D eigenvalue weighted by Crippen LogP contribution is 2.31. The van der Waals surface area contributed by atoms with Crippen molar-refractivity contribution in [3.8, 4) is 17.5 Å². The van der Waals surface area contributed by atoms with E-state index in [2.05, 4.69) is 16.0 Å². The predicted octanol–water partition coefficient (Wildman–Crippen LogP) is 3.21. The zero-order valence-electron chi connectivity index (χ0n) is 18.9. The van der Waals surface area contributed by atoms with E-state index in [0.717, 1.165) is 18.8 Å². The van der Waals surface area contributed by atoms with Crippen LogP contribution in [0.25, 0.3) is 11.5 Å². The van der Waals surface area contributed by atoms with E-state index in [1.54, 1.807) is 24.3 Å². The summed E-state index contributed by atoms with van der Waals surface area (Å²) in [6.07, 6.45) is 0. The van der Waals surface area contributed by atoms with Crippen molar-refractivity contribution in [1.29, 1.82) is 5.26 Å². The Morgan fingerprint density at radius 1 is 0.943 bits per heavy atom. The Morgan fingerprint density at radius 2 is 1.63 bits per heavy atom. The quantitative estimate of drug-likeness (QED) is 0.512. The molecule has 9 nitrogen and oxygen atoms in total. The molecular formula is C24H24ClN5O4S. The van der Waals surface area contributed by atoms with E-state index in [0.29, 0.717) is 55.9 Å². The molecule has 182 valence electrons. The highest BCUT2D eigenvalue weighted by atomic mass is 35.5. The number of aromatic nitrogens is 1. The summed E-state index contributed by atoms with van der Waals surface area (Å²) in [6.45, 7) is 4.26. The van der Waals surface area contributed by atoms with Crippen molar-refractivity contribution in [1.82, 2.24) is 9.29 Å². The van der Waals surface area contributed by atoms with Crippen LogP contribution in [0.4, 0.5) is 11.6 Å². The summed E-state index contributed by atoms with van der Waals surface area (Å²) in [5.41, 5.74) is 1.87. The van der Waals surface area contributed by atoms with Gasteiger partial charge in [0.2, 0.25) is 27.5 Å². The summed E-state index contributed by atoms with van der Waals surface area (Å²) in [7, 11) is -3.59. The largest absolute Gasteiger partial charge is 0.419 e. The molecule has 1 aromatic heterocycles. The molecular weight excluding hydrogens is 490 g/mol. The van der Waals surface area contributed by atoms with Crippen LogP contribution >= 0.6 is 11.6 Å². The van der Waals surface area contributed by atoms with Crippen LogP contribution < -0.4 is 9.80 Å². The summed E-state index contributed by atoms with van der Waals surface area (Å²) < 4.78 is 38.4. The molecule has 11 heteroatoms. The van der Waals surface area contributed by atoms with Gasteiger partial charge in [-0.15, -0.1) is 0 Å². The van der Waals surface area contributed by atoms with Crippen molar-refractivity contribution < 1.29 is 17.6 Å². The Kier molecular flexibility index (Phi) is 6.67. The highest BCUT2D eigenvalue weighted by molar-refractivity contribution is 7.89. The van der Waals surface area contributed by atoms with Gasteiger partial charge < -0.3 is 19.0 Å². The van der Waals surface area contributed by atoms with Gasteiger partial charge in [0, 0.05) is 55.5 Å². The standard InChI is InChI=1S/C24H24ClN5O4S/c25-19-2-1-3-20(16-19)28-8-10-29(11-9-28)24-22(17-26)27-23(34-24)18-4-6-21(7-5-18)35(31,32)30-12-14-33-15-13-30/h1-7,16H,8-15H2. The summed E-state index contributed by atoms with van der Waals surface area (Å²) in [5, 5.41) is 10.3. The highest BCUT2D eigenvalue weighted by Gasteiger charge is 2.27. The summed E-state index contributed by atoms with van der Waals surface area (Å²) in [6, 6.07) is 16.3. The topological polar surface area (TPSA) is 103 Å². The number of oxazole rings is 1. The molecule has 0 bridgehead atoms. The van der Waals surface area contributed by atoms with Crippen molar-refractivity contribution in [3.63, 3.8) is 0 Å². The molecule has 2 aromatic carbocycles. The first-order valence-corrected chi connectivity index (χ1v) is 13.1. The van der Waals surface area contributed by atoms with Crippen molar-refractivity contribution in [2.75, 3.05) is 62.3 Å². The molecule has 3 aromatic rings. The first-order valence-electron chi connectivity index (χ1n) is 11.3. The molecule has 0 atom stereocenters. The Bertz CT molecular complexity index is 1340. The van der Waals surface area contributed by atoms with Crippen molar-refractivity contribution >= 4 is 33.2 Å². The molecule has 35 heavy (non-hydrogen) atoms. The fourth-order valence-corrected chi connectivity index (χ4v) is 5.86. The zero-order chi connectivity index (χ0) is 24.4. The number of nitrogens with zero attached hydrogens (tertiary/aromatic N) is 5. The van der Waals surface area contributed by atoms with E-state index < -0.39 is 10.0 Å². The van der Waals surface area contributed by atoms with Gasteiger partial charge in [-0.2, -0.15) is 14.6 Å². The minimum Gasteiger partial charge on any atom is -0.419 e. The SMILES string of the molecule is N#Cc1nc(-c2ccc(S(=O)(=O)N3CCOCC3)cc2)oc1N1CCN(c2cccc(Cl)c2)CC1. The van der Waals surface area contributed by atoms with Crippen LogP contribution in [0, 0.1) is 11.3 Å². The maximum atomic E-state index is 12.9. The second-order valence-electron chi connectivity index (χ2n) is 8.28. The lowest BCUT2D eigenvalue weighted by atomic mass is 10.2. The first kappa shape index (κ1) is 23.6. The first-order chi connectivity index (χ1) is 17.0. The normalized spacial score (nSPS) is 17.4. The number of sulfonamides is 1. The van der Waals surface area contributed by atoms with Gasteiger partial charge in [0.05, 0.1) is 18.1 Å². The van der Waals surface area contributed by atoms with Gasteiger partial charge in [-0.1, -0.05) is 17.7 Å². The van der Waals surface area contributed by atoms with Gasteiger partial charge in [0.25, 0.3) is 0 Å².